The van der Waals surface area contributed by atoms with E-state index >= 15 is 0 Å². The number of aliphatic hydroxyl groups is 1. The summed E-state index contributed by atoms with van der Waals surface area (Å²) in [6, 6.07) is 1.45. The van der Waals surface area contributed by atoms with Crippen LogP contribution in [0, 0.1) is 0 Å². The lowest BCUT2D eigenvalue weighted by Gasteiger charge is -2.38. The second kappa shape index (κ2) is 5.80. The minimum Gasteiger partial charge on any atom is -0.395 e. The lowest BCUT2D eigenvalue weighted by atomic mass is 9.91. The molecule has 1 fully saturated rings. The minimum absolute atomic E-state index is 0.101. The maximum Gasteiger partial charge on any atom is 0.451 e. The number of alkyl halides is 3. The fraction of sp³-hybridized carbons (Fsp3) is 0.636. The molecule has 20 heavy (non-hydrogen) atoms. The predicted octanol–water partition coefficient (Wildman–Crippen LogP) is 1.13. The highest BCUT2D eigenvalue weighted by Gasteiger charge is 2.36. The summed E-state index contributed by atoms with van der Waals surface area (Å²) in [4.78, 5) is 8.53. The summed E-state index contributed by atoms with van der Waals surface area (Å²) >= 11 is 0. The fourth-order valence-electron chi connectivity index (χ4n) is 2.07. The lowest BCUT2D eigenvalue weighted by molar-refractivity contribution is -0.144. The van der Waals surface area contributed by atoms with Crippen LogP contribution in [0.15, 0.2) is 6.07 Å². The van der Waals surface area contributed by atoms with Crippen LogP contribution in [-0.4, -0.2) is 34.3 Å². The van der Waals surface area contributed by atoms with Crippen molar-refractivity contribution in [1.29, 1.82) is 0 Å². The number of hydrogen-bond donors (Lipinski definition) is 3. The van der Waals surface area contributed by atoms with Crippen molar-refractivity contribution in [2.45, 2.75) is 31.5 Å². The van der Waals surface area contributed by atoms with Crippen LogP contribution in [0.5, 0.6) is 0 Å². The molecule has 9 heteroatoms. The van der Waals surface area contributed by atoms with Gasteiger partial charge in [0.1, 0.15) is 11.6 Å². The smallest absolute Gasteiger partial charge is 0.395 e. The molecule has 1 heterocycles. The molecule has 4 N–H and O–H groups in total. The zero-order valence-electron chi connectivity index (χ0n) is 10.7. The largest absolute Gasteiger partial charge is 0.451 e. The average Bonchev–Trinajstić information content (AvgIpc) is 2.34. The highest BCUT2D eigenvalue weighted by atomic mass is 19.4. The van der Waals surface area contributed by atoms with Gasteiger partial charge in [-0.2, -0.15) is 13.2 Å². The van der Waals surface area contributed by atoms with E-state index in [-0.39, 0.29) is 30.8 Å². The number of nitrogen functional groups attached to an aromatic ring is 1. The van der Waals surface area contributed by atoms with Crippen molar-refractivity contribution in [2.24, 2.45) is 5.84 Å². The molecule has 2 rings (SSSR count). The van der Waals surface area contributed by atoms with E-state index in [1.54, 1.807) is 4.90 Å². The van der Waals surface area contributed by atoms with Gasteiger partial charge >= 0.3 is 6.18 Å². The number of hydrazine groups is 1. The van der Waals surface area contributed by atoms with Crippen molar-refractivity contribution in [3.8, 4) is 0 Å². The highest BCUT2D eigenvalue weighted by molar-refractivity contribution is 5.50. The number of nitrogens with one attached hydrogen (secondary N) is 1. The number of halogens is 3. The van der Waals surface area contributed by atoms with Gasteiger partial charge in [-0.25, -0.2) is 15.8 Å². The first kappa shape index (κ1) is 14.8. The van der Waals surface area contributed by atoms with Crippen LogP contribution in [0.4, 0.5) is 24.8 Å². The molecule has 0 atom stereocenters. The zero-order chi connectivity index (χ0) is 14.8. The van der Waals surface area contributed by atoms with Crippen LogP contribution in [0.2, 0.25) is 0 Å². The van der Waals surface area contributed by atoms with Crippen molar-refractivity contribution in [1.82, 2.24) is 9.97 Å². The Labute approximate surface area is 113 Å². The second-order valence-electron chi connectivity index (χ2n) is 4.58. The molecule has 112 valence electrons. The molecule has 1 aliphatic carbocycles. The maximum atomic E-state index is 12.8. The quantitative estimate of drug-likeness (QED) is 0.557. The van der Waals surface area contributed by atoms with Crippen molar-refractivity contribution in [2.75, 3.05) is 23.5 Å². The molecular weight excluding hydrogens is 275 g/mol. The molecule has 1 aliphatic rings. The van der Waals surface area contributed by atoms with Gasteiger partial charge in [-0.05, 0) is 19.3 Å². The first-order valence-electron chi connectivity index (χ1n) is 6.26. The van der Waals surface area contributed by atoms with Crippen LogP contribution in [0.25, 0.3) is 0 Å². The average molecular weight is 291 g/mol. The molecule has 0 amide bonds. The molecule has 0 aliphatic heterocycles. The zero-order valence-corrected chi connectivity index (χ0v) is 10.7. The normalized spacial score (nSPS) is 15.8. The third kappa shape index (κ3) is 3.10. The minimum atomic E-state index is -4.65. The van der Waals surface area contributed by atoms with Crippen molar-refractivity contribution in [3.63, 3.8) is 0 Å². The van der Waals surface area contributed by atoms with Crippen LogP contribution >= 0.6 is 0 Å². The van der Waals surface area contributed by atoms with E-state index in [1.807, 2.05) is 0 Å². The van der Waals surface area contributed by atoms with E-state index in [0.29, 0.717) is 0 Å². The van der Waals surface area contributed by atoms with Crippen molar-refractivity contribution in [3.05, 3.63) is 11.9 Å². The fourth-order valence-corrected chi connectivity index (χ4v) is 2.07. The number of rotatable bonds is 5. The summed E-state index contributed by atoms with van der Waals surface area (Å²) in [5.74, 6) is 3.92. The van der Waals surface area contributed by atoms with Crippen molar-refractivity contribution < 1.29 is 18.3 Å². The number of anilines is 2. The molecule has 1 aromatic heterocycles. The summed E-state index contributed by atoms with van der Waals surface area (Å²) in [5.41, 5.74) is 2.11. The van der Waals surface area contributed by atoms with Gasteiger partial charge in [0, 0.05) is 18.7 Å². The molecule has 0 unspecified atom stereocenters. The highest BCUT2D eigenvalue weighted by Crippen LogP contribution is 2.32. The summed E-state index contributed by atoms with van der Waals surface area (Å²) in [6.07, 6.45) is -1.88. The number of hydrogen-bond acceptors (Lipinski definition) is 6. The van der Waals surface area contributed by atoms with Gasteiger partial charge < -0.3 is 15.4 Å². The second-order valence-corrected chi connectivity index (χ2v) is 4.58. The molecule has 1 aromatic rings. The Hall–Kier alpha value is -1.61. The van der Waals surface area contributed by atoms with Crippen LogP contribution in [0.3, 0.4) is 0 Å². The van der Waals surface area contributed by atoms with E-state index in [0.717, 1.165) is 19.3 Å². The van der Waals surface area contributed by atoms with Gasteiger partial charge in [-0.3, -0.25) is 0 Å². The maximum absolute atomic E-state index is 12.8. The SMILES string of the molecule is NNc1cc(N(CCO)C2CCC2)nc(C(F)(F)F)n1. The monoisotopic (exact) mass is 291 g/mol. The Morgan fingerprint density at radius 2 is 2.10 bits per heavy atom. The van der Waals surface area contributed by atoms with E-state index < -0.39 is 12.0 Å². The molecule has 0 bridgehead atoms. The first-order chi connectivity index (χ1) is 9.45. The summed E-state index contributed by atoms with van der Waals surface area (Å²) in [5, 5.41) is 9.07. The van der Waals surface area contributed by atoms with E-state index in [9.17, 15) is 13.2 Å². The van der Waals surface area contributed by atoms with E-state index in [1.165, 1.54) is 6.07 Å². The van der Waals surface area contributed by atoms with Crippen LogP contribution in [0.1, 0.15) is 25.1 Å². The molecule has 0 saturated heterocycles. The standard InChI is InChI=1S/C11H16F3N5O/c12-11(13,14)10-16-8(18-15)6-9(17-10)19(4-5-20)7-2-1-3-7/h6-7,20H,1-5,15H2,(H,16,17,18). The van der Waals surface area contributed by atoms with Gasteiger partial charge in [-0.1, -0.05) is 0 Å². The lowest BCUT2D eigenvalue weighted by Crippen LogP contribution is -2.42. The Kier molecular flexibility index (Phi) is 4.29. The molecule has 6 nitrogen and oxygen atoms in total. The van der Waals surface area contributed by atoms with Gasteiger partial charge in [0.15, 0.2) is 0 Å². The number of nitrogens with zero attached hydrogens (tertiary/aromatic N) is 3. The summed E-state index contributed by atoms with van der Waals surface area (Å²) in [7, 11) is 0. The Bertz CT molecular complexity index is 464. The van der Waals surface area contributed by atoms with Gasteiger partial charge in [0.2, 0.25) is 5.82 Å². The summed E-state index contributed by atoms with van der Waals surface area (Å²) < 4.78 is 38.3. The Balaban J connectivity index is 2.37. The molecule has 0 aromatic carbocycles. The van der Waals surface area contributed by atoms with Crippen LogP contribution in [-0.2, 0) is 6.18 Å². The van der Waals surface area contributed by atoms with E-state index in [4.69, 9.17) is 10.9 Å². The molecular formula is C11H16F3N5O. The van der Waals surface area contributed by atoms with E-state index in [2.05, 4.69) is 15.4 Å². The number of aromatic nitrogens is 2. The molecule has 0 radical (unpaired) electrons. The number of aliphatic hydroxyl groups excluding tert-OH is 1. The first-order valence-corrected chi connectivity index (χ1v) is 6.26. The molecule has 1 saturated carbocycles. The predicted molar refractivity (Wildman–Crippen MR) is 66.9 cm³/mol. The Morgan fingerprint density at radius 3 is 2.55 bits per heavy atom. The van der Waals surface area contributed by atoms with Crippen molar-refractivity contribution >= 4 is 11.6 Å². The third-order valence-electron chi connectivity index (χ3n) is 3.26. The Morgan fingerprint density at radius 1 is 1.40 bits per heavy atom. The molecule has 0 spiro atoms. The van der Waals surface area contributed by atoms with Gasteiger partial charge in [-0.15, -0.1) is 0 Å². The van der Waals surface area contributed by atoms with Crippen LogP contribution < -0.4 is 16.2 Å². The number of nitrogens with two attached hydrogens (primary N) is 1. The van der Waals surface area contributed by atoms with Gasteiger partial charge in [0.05, 0.1) is 6.61 Å². The topological polar surface area (TPSA) is 87.3 Å². The third-order valence-corrected chi connectivity index (χ3v) is 3.26. The summed E-state index contributed by atoms with van der Waals surface area (Å²) in [6.45, 7) is 0.0657. The van der Waals surface area contributed by atoms with Gasteiger partial charge in [0.25, 0.3) is 0 Å².